The Morgan fingerprint density at radius 1 is 0.774 bits per heavy atom. The molecule has 0 saturated heterocycles. The van der Waals surface area contributed by atoms with Gasteiger partial charge in [0, 0.05) is 5.56 Å². The first-order valence-electron chi connectivity index (χ1n) is 10.1. The molecule has 0 spiro atoms. The molecule has 0 unspecified atom stereocenters. The van der Waals surface area contributed by atoms with Gasteiger partial charge in [-0.3, -0.25) is 0 Å². The van der Waals surface area contributed by atoms with Crippen molar-refractivity contribution >= 4 is 11.9 Å². The largest absolute Gasteiger partial charge is 0.462 e. The van der Waals surface area contributed by atoms with E-state index in [1.54, 1.807) is 0 Å². The van der Waals surface area contributed by atoms with E-state index in [1.165, 1.54) is 24.3 Å². The van der Waals surface area contributed by atoms with Crippen molar-refractivity contribution in [2.75, 3.05) is 6.61 Å². The fourth-order valence-electron chi connectivity index (χ4n) is 2.91. The smallest absolute Gasteiger partial charge is 0.339 e. The Morgan fingerprint density at radius 3 is 2.00 bits per heavy atom. The number of esters is 2. The second-order valence-electron chi connectivity index (χ2n) is 6.98. The predicted octanol–water partition coefficient (Wildman–Crippen LogP) is 6.12. The van der Waals surface area contributed by atoms with Crippen molar-refractivity contribution in [2.24, 2.45) is 0 Å². The zero-order valence-corrected chi connectivity index (χ0v) is 17.2. The Bertz CT molecular complexity index is 915. The van der Waals surface area contributed by atoms with Gasteiger partial charge in [0.25, 0.3) is 0 Å². The molecule has 31 heavy (non-hydrogen) atoms. The topological polar surface area (TPSA) is 52.6 Å². The highest BCUT2D eigenvalue weighted by Crippen LogP contribution is 2.20. The van der Waals surface area contributed by atoms with Crippen LogP contribution in [0, 0.1) is 23.3 Å². The summed E-state index contributed by atoms with van der Waals surface area (Å²) in [5, 5.41) is 0. The summed E-state index contributed by atoms with van der Waals surface area (Å²) in [6.45, 7) is 1.48. The SMILES string of the molecule is CCCCCCCCOC(=O)c1ccccc1C(=O)OCc1cc(F)c(F)c(F)c1F. The third-order valence-electron chi connectivity index (χ3n) is 4.63. The van der Waals surface area contributed by atoms with Crippen molar-refractivity contribution in [3.8, 4) is 0 Å². The fraction of sp³-hybridized carbons (Fsp3) is 0.391. The third kappa shape index (κ3) is 6.80. The molecule has 0 saturated carbocycles. The Morgan fingerprint density at radius 2 is 1.35 bits per heavy atom. The number of benzene rings is 2. The minimum Gasteiger partial charge on any atom is -0.462 e. The van der Waals surface area contributed by atoms with Crippen LogP contribution in [-0.4, -0.2) is 18.5 Å². The molecule has 0 N–H and O–H groups in total. The van der Waals surface area contributed by atoms with E-state index in [2.05, 4.69) is 6.92 Å². The fourth-order valence-corrected chi connectivity index (χ4v) is 2.91. The van der Waals surface area contributed by atoms with Gasteiger partial charge in [0.15, 0.2) is 23.3 Å². The van der Waals surface area contributed by atoms with E-state index in [0.29, 0.717) is 12.5 Å². The third-order valence-corrected chi connectivity index (χ3v) is 4.63. The van der Waals surface area contributed by atoms with Gasteiger partial charge in [-0.2, -0.15) is 0 Å². The van der Waals surface area contributed by atoms with E-state index in [1.807, 2.05) is 0 Å². The maximum absolute atomic E-state index is 13.7. The minimum atomic E-state index is -2.00. The monoisotopic (exact) mass is 440 g/mol. The Labute approximate surface area is 178 Å². The van der Waals surface area contributed by atoms with Crippen molar-refractivity contribution in [1.82, 2.24) is 0 Å². The molecule has 0 bridgehead atoms. The van der Waals surface area contributed by atoms with Crippen LogP contribution in [-0.2, 0) is 16.1 Å². The van der Waals surface area contributed by atoms with E-state index < -0.39 is 47.4 Å². The van der Waals surface area contributed by atoms with Crippen molar-refractivity contribution in [3.05, 3.63) is 70.3 Å². The van der Waals surface area contributed by atoms with Crippen molar-refractivity contribution in [2.45, 2.75) is 52.1 Å². The maximum atomic E-state index is 13.7. The van der Waals surface area contributed by atoms with Gasteiger partial charge in [0.1, 0.15) is 6.61 Å². The highest BCUT2D eigenvalue weighted by molar-refractivity contribution is 6.03. The first kappa shape index (κ1) is 24.4. The van der Waals surface area contributed by atoms with Crippen LogP contribution < -0.4 is 0 Å². The number of carbonyl (C=O) groups is 2. The lowest BCUT2D eigenvalue weighted by atomic mass is 10.1. The van der Waals surface area contributed by atoms with E-state index in [0.717, 1.165) is 32.1 Å². The average Bonchev–Trinajstić information content (AvgIpc) is 2.78. The van der Waals surface area contributed by atoms with E-state index in [-0.39, 0.29) is 17.7 Å². The molecule has 2 aromatic carbocycles. The van der Waals surface area contributed by atoms with Crippen LogP contribution >= 0.6 is 0 Å². The molecule has 0 radical (unpaired) electrons. The van der Waals surface area contributed by atoms with Crippen molar-refractivity contribution in [1.29, 1.82) is 0 Å². The van der Waals surface area contributed by atoms with Gasteiger partial charge in [-0.1, -0.05) is 51.2 Å². The van der Waals surface area contributed by atoms with Gasteiger partial charge in [-0.15, -0.1) is 0 Å². The molecule has 0 aliphatic heterocycles. The van der Waals surface area contributed by atoms with Gasteiger partial charge in [0.2, 0.25) is 0 Å². The molecule has 4 nitrogen and oxygen atoms in total. The molecule has 0 fully saturated rings. The minimum absolute atomic E-state index is 0.0459. The van der Waals surface area contributed by atoms with Crippen LogP contribution in [0.25, 0.3) is 0 Å². The highest BCUT2D eigenvalue weighted by atomic mass is 19.2. The summed E-state index contributed by atoms with van der Waals surface area (Å²) < 4.78 is 63.4. The van der Waals surface area contributed by atoms with Gasteiger partial charge in [-0.25, -0.2) is 27.2 Å². The number of unbranched alkanes of at least 4 members (excludes halogenated alkanes) is 5. The molecule has 0 amide bonds. The molecule has 8 heteroatoms. The zero-order valence-electron chi connectivity index (χ0n) is 17.2. The summed E-state index contributed by atoms with van der Waals surface area (Å²) in [5.41, 5.74) is -0.859. The van der Waals surface area contributed by atoms with E-state index in [4.69, 9.17) is 9.47 Å². The summed E-state index contributed by atoms with van der Waals surface area (Å²) in [6.07, 6.45) is 6.10. The normalized spacial score (nSPS) is 10.7. The molecule has 2 rings (SSSR count). The molecular weight excluding hydrogens is 416 g/mol. The second kappa shape index (κ2) is 12.1. The van der Waals surface area contributed by atoms with Crippen molar-refractivity contribution in [3.63, 3.8) is 0 Å². The van der Waals surface area contributed by atoms with Gasteiger partial charge < -0.3 is 9.47 Å². The molecule has 168 valence electrons. The highest BCUT2D eigenvalue weighted by Gasteiger charge is 2.22. The molecule has 0 heterocycles. The summed E-state index contributed by atoms with van der Waals surface area (Å²) in [7, 11) is 0. The van der Waals surface area contributed by atoms with Crippen molar-refractivity contribution < 1.29 is 36.6 Å². The van der Waals surface area contributed by atoms with Crippen LogP contribution in [0.5, 0.6) is 0 Å². The lowest BCUT2D eigenvalue weighted by Gasteiger charge is -2.11. The lowest BCUT2D eigenvalue weighted by Crippen LogP contribution is -2.15. The first-order valence-corrected chi connectivity index (χ1v) is 10.1. The lowest BCUT2D eigenvalue weighted by molar-refractivity contribution is 0.0432. The van der Waals surface area contributed by atoms with E-state index >= 15 is 0 Å². The number of hydrogen-bond acceptors (Lipinski definition) is 4. The number of hydrogen-bond donors (Lipinski definition) is 0. The molecule has 0 aliphatic rings. The van der Waals surface area contributed by atoms with Gasteiger partial charge in [-0.05, 0) is 24.6 Å². The Hall–Kier alpha value is -2.90. The summed E-state index contributed by atoms with van der Waals surface area (Å²) in [5.74, 6) is -8.94. The van der Waals surface area contributed by atoms with Crippen LogP contribution in [0.4, 0.5) is 17.6 Å². The molecule has 0 atom stereocenters. The number of ether oxygens (including phenoxy) is 2. The zero-order chi connectivity index (χ0) is 22.8. The van der Waals surface area contributed by atoms with Crippen LogP contribution in [0.3, 0.4) is 0 Å². The number of carbonyl (C=O) groups excluding carboxylic acids is 2. The predicted molar refractivity (Wildman–Crippen MR) is 105 cm³/mol. The van der Waals surface area contributed by atoms with Gasteiger partial charge in [0.05, 0.1) is 17.7 Å². The average molecular weight is 440 g/mol. The molecular formula is C23H24F4O4. The Kier molecular flexibility index (Phi) is 9.49. The van der Waals surface area contributed by atoms with E-state index in [9.17, 15) is 27.2 Å². The second-order valence-corrected chi connectivity index (χ2v) is 6.98. The van der Waals surface area contributed by atoms with Crippen LogP contribution in [0.1, 0.15) is 71.7 Å². The standard InChI is InChI=1S/C23H24F4O4/c1-2-3-4-5-6-9-12-30-22(28)16-10-7-8-11-17(16)23(29)31-14-15-13-18(24)20(26)21(27)19(15)25/h7-8,10-11,13H,2-6,9,12,14H2,1H3. The number of halogens is 4. The first-order chi connectivity index (χ1) is 14.9. The molecule has 2 aromatic rings. The quantitative estimate of drug-likeness (QED) is 0.139. The molecule has 0 aromatic heterocycles. The summed E-state index contributed by atoms with van der Waals surface area (Å²) in [4.78, 5) is 24.7. The summed E-state index contributed by atoms with van der Waals surface area (Å²) >= 11 is 0. The Balaban J connectivity index is 1.96. The van der Waals surface area contributed by atoms with Gasteiger partial charge >= 0.3 is 11.9 Å². The van der Waals surface area contributed by atoms with Crippen LogP contribution in [0.15, 0.2) is 30.3 Å². The maximum Gasteiger partial charge on any atom is 0.339 e. The molecule has 0 aliphatic carbocycles. The number of rotatable bonds is 11. The summed E-state index contributed by atoms with van der Waals surface area (Å²) in [6, 6.07) is 6.10. The van der Waals surface area contributed by atoms with Crippen LogP contribution in [0.2, 0.25) is 0 Å².